The van der Waals surface area contributed by atoms with Crippen molar-refractivity contribution in [2.24, 2.45) is 5.73 Å². The van der Waals surface area contributed by atoms with Crippen LogP contribution in [0.2, 0.25) is 0 Å². The molecule has 2 unspecified atom stereocenters. The second-order valence-electron chi connectivity index (χ2n) is 8.69. The highest BCUT2D eigenvalue weighted by molar-refractivity contribution is 8.00. The number of imide groups is 1. The Morgan fingerprint density at radius 2 is 1.67 bits per heavy atom. The van der Waals surface area contributed by atoms with Gasteiger partial charge in [0.2, 0.25) is 5.91 Å². The quantitative estimate of drug-likeness (QED) is 0.166. The van der Waals surface area contributed by atoms with Crippen molar-refractivity contribution in [3.8, 4) is 0 Å². The number of Topliss-reactive ketones (excluding diaryl/α,β-unsaturated/α-hetero) is 1. The van der Waals surface area contributed by atoms with Gasteiger partial charge >= 0.3 is 6.03 Å². The summed E-state index contributed by atoms with van der Waals surface area (Å²) in [6.45, 7) is 2.01. The van der Waals surface area contributed by atoms with Crippen molar-refractivity contribution >= 4 is 41.3 Å². The average molecular weight is 527 g/mol. The molecule has 0 radical (unpaired) electrons. The van der Waals surface area contributed by atoms with Crippen molar-refractivity contribution in [1.82, 2.24) is 15.5 Å². The van der Waals surface area contributed by atoms with Crippen molar-refractivity contribution in [3.05, 3.63) is 12.2 Å². The van der Waals surface area contributed by atoms with Crippen LogP contribution in [0.1, 0.15) is 51.4 Å². The Morgan fingerprint density at radius 3 is 2.39 bits per heavy atom. The van der Waals surface area contributed by atoms with Crippen molar-refractivity contribution in [2.75, 3.05) is 45.3 Å². The number of hydrogen-bond donors (Lipinski definition) is 3. The molecule has 0 aromatic carbocycles. The Kier molecular flexibility index (Phi) is 14.1. The van der Waals surface area contributed by atoms with Gasteiger partial charge in [0.25, 0.3) is 11.8 Å². The number of ether oxygens (including phenoxy) is 2. The number of ketones is 1. The lowest BCUT2D eigenvalue weighted by Gasteiger charge is -2.18. The standard InChI is InChI=1S/C24H38N4O7S/c25-24(33)27-19-10-17-36-20(19)6-2-1-4-18(29)5-3-13-34-15-16-35-14-11-26-21(30)9-12-28-22(31)7-8-23(28)32/h7-8,19-20H,1-6,9-17H2,(H,26,30)(H3,25,27,33). The minimum absolute atomic E-state index is 0.0511. The van der Waals surface area contributed by atoms with E-state index in [1.165, 1.54) is 12.2 Å². The van der Waals surface area contributed by atoms with Crippen LogP contribution < -0.4 is 16.4 Å². The van der Waals surface area contributed by atoms with Gasteiger partial charge in [-0.2, -0.15) is 11.8 Å². The van der Waals surface area contributed by atoms with Crippen LogP contribution in [0.4, 0.5) is 4.79 Å². The van der Waals surface area contributed by atoms with Crippen LogP contribution >= 0.6 is 11.8 Å². The molecule has 12 heteroatoms. The van der Waals surface area contributed by atoms with Gasteiger partial charge in [-0.05, 0) is 31.4 Å². The molecule has 2 aliphatic heterocycles. The van der Waals surface area contributed by atoms with E-state index >= 15 is 0 Å². The number of unbranched alkanes of at least 4 members (excludes halogenated alkanes) is 1. The smallest absolute Gasteiger partial charge is 0.312 e. The number of carbonyl (C=O) groups excluding carboxylic acids is 5. The molecule has 0 saturated carbocycles. The van der Waals surface area contributed by atoms with E-state index < -0.39 is 17.8 Å². The van der Waals surface area contributed by atoms with Gasteiger partial charge in [0.05, 0.1) is 19.8 Å². The third kappa shape index (κ3) is 12.0. The Morgan fingerprint density at radius 1 is 0.972 bits per heavy atom. The van der Waals surface area contributed by atoms with E-state index in [0.29, 0.717) is 57.5 Å². The molecule has 1 fully saturated rings. The van der Waals surface area contributed by atoms with Crippen LogP contribution in [-0.2, 0) is 28.7 Å². The van der Waals surface area contributed by atoms with Gasteiger partial charge in [-0.25, -0.2) is 4.79 Å². The Labute approximate surface area is 216 Å². The number of hydrogen-bond acceptors (Lipinski definition) is 8. The van der Waals surface area contributed by atoms with Crippen LogP contribution in [0.5, 0.6) is 0 Å². The molecule has 2 heterocycles. The second-order valence-corrected chi connectivity index (χ2v) is 10.0. The Hall–Kier alpha value is -2.44. The molecule has 1 saturated heterocycles. The fraction of sp³-hybridized carbons (Fsp3) is 0.708. The summed E-state index contributed by atoms with van der Waals surface area (Å²) in [5, 5.41) is 5.87. The van der Waals surface area contributed by atoms with Crippen molar-refractivity contribution in [1.29, 1.82) is 0 Å². The molecule has 2 rings (SSSR count). The van der Waals surface area contributed by atoms with Crippen molar-refractivity contribution in [3.63, 3.8) is 0 Å². The summed E-state index contributed by atoms with van der Waals surface area (Å²) in [5.74, 6) is 0.218. The highest BCUT2D eigenvalue weighted by atomic mass is 32.2. The minimum atomic E-state index is -0.470. The first-order chi connectivity index (χ1) is 17.4. The summed E-state index contributed by atoms with van der Waals surface area (Å²) < 4.78 is 10.9. The molecule has 5 amide bonds. The van der Waals surface area contributed by atoms with Gasteiger partial charge in [0, 0.05) is 62.4 Å². The Balaban J connectivity index is 1.34. The van der Waals surface area contributed by atoms with E-state index in [-0.39, 0.29) is 30.7 Å². The lowest BCUT2D eigenvalue weighted by atomic mass is 10.0. The number of nitrogens with one attached hydrogen (secondary N) is 2. The molecule has 0 bridgehead atoms. The highest BCUT2D eigenvalue weighted by Crippen LogP contribution is 2.30. The Bertz CT molecular complexity index is 774. The molecular weight excluding hydrogens is 488 g/mol. The summed E-state index contributed by atoms with van der Waals surface area (Å²) in [6, 6.07) is -0.324. The first-order valence-electron chi connectivity index (χ1n) is 12.5. The van der Waals surface area contributed by atoms with Gasteiger partial charge in [-0.3, -0.25) is 24.1 Å². The molecule has 2 aliphatic rings. The predicted molar refractivity (Wildman–Crippen MR) is 135 cm³/mol. The molecule has 0 aromatic rings. The third-order valence-corrected chi connectivity index (χ3v) is 7.34. The number of thioether (sulfide) groups is 1. The monoisotopic (exact) mass is 526 g/mol. The summed E-state index contributed by atoms with van der Waals surface area (Å²) in [4.78, 5) is 58.7. The maximum absolute atomic E-state index is 12.0. The van der Waals surface area contributed by atoms with Gasteiger partial charge in [-0.1, -0.05) is 6.42 Å². The van der Waals surface area contributed by atoms with Gasteiger partial charge in [0.1, 0.15) is 5.78 Å². The summed E-state index contributed by atoms with van der Waals surface area (Å²) in [5.41, 5.74) is 5.22. The lowest BCUT2D eigenvalue weighted by molar-refractivity contribution is -0.137. The molecule has 2 atom stereocenters. The summed E-state index contributed by atoms with van der Waals surface area (Å²) in [6.07, 6.45) is 7.93. The van der Waals surface area contributed by atoms with Gasteiger partial charge in [0.15, 0.2) is 0 Å². The van der Waals surface area contributed by atoms with Gasteiger partial charge < -0.3 is 25.8 Å². The predicted octanol–water partition coefficient (Wildman–Crippen LogP) is 0.903. The zero-order valence-corrected chi connectivity index (χ0v) is 21.5. The number of urea groups is 1. The van der Waals surface area contributed by atoms with Gasteiger partial charge in [-0.15, -0.1) is 0 Å². The van der Waals surface area contributed by atoms with E-state index in [1.807, 2.05) is 11.8 Å². The first-order valence-corrected chi connectivity index (χ1v) is 13.6. The number of amides is 5. The van der Waals surface area contributed by atoms with Crippen molar-refractivity contribution in [2.45, 2.75) is 62.7 Å². The molecule has 4 N–H and O–H groups in total. The van der Waals surface area contributed by atoms with Crippen LogP contribution in [0, 0.1) is 0 Å². The molecular formula is C24H38N4O7S. The minimum Gasteiger partial charge on any atom is -0.379 e. The zero-order chi connectivity index (χ0) is 26.2. The molecule has 11 nitrogen and oxygen atoms in total. The van der Waals surface area contributed by atoms with E-state index in [1.54, 1.807) is 0 Å². The fourth-order valence-electron chi connectivity index (χ4n) is 3.98. The topological polar surface area (TPSA) is 157 Å². The SMILES string of the molecule is NC(=O)NC1CCSC1CCCCC(=O)CCCOCCOCCNC(=O)CCN1C(=O)C=CC1=O. The van der Waals surface area contributed by atoms with E-state index in [4.69, 9.17) is 15.2 Å². The largest absolute Gasteiger partial charge is 0.379 e. The fourth-order valence-corrected chi connectivity index (χ4v) is 5.45. The van der Waals surface area contributed by atoms with Crippen molar-refractivity contribution < 1.29 is 33.4 Å². The maximum Gasteiger partial charge on any atom is 0.312 e. The number of primary amides is 1. The number of rotatable bonds is 19. The van der Waals surface area contributed by atoms with E-state index in [0.717, 1.165) is 36.3 Å². The zero-order valence-electron chi connectivity index (χ0n) is 20.7. The van der Waals surface area contributed by atoms with Crippen LogP contribution in [-0.4, -0.2) is 91.0 Å². The van der Waals surface area contributed by atoms with E-state index in [9.17, 15) is 24.0 Å². The number of nitrogens with zero attached hydrogens (tertiary/aromatic N) is 1. The molecule has 0 spiro atoms. The van der Waals surface area contributed by atoms with E-state index in [2.05, 4.69) is 10.6 Å². The average Bonchev–Trinajstić information content (AvgIpc) is 3.41. The molecule has 0 aromatic heterocycles. The van der Waals surface area contributed by atoms with Crippen LogP contribution in [0.15, 0.2) is 12.2 Å². The summed E-state index contributed by atoms with van der Waals surface area (Å²) in [7, 11) is 0. The van der Waals surface area contributed by atoms with Crippen LogP contribution in [0.25, 0.3) is 0 Å². The molecule has 202 valence electrons. The second kappa shape index (κ2) is 17.1. The highest BCUT2D eigenvalue weighted by Gasteiger charge is 2.28. The normalized spacial score (nSPS) is 19.2. The lowest BCUT2D eigenvalue weighted by Crippen LogP contribution is -2.42. The summed E-state index contributed by atoms with van der Waals surface area (Å²) >= 11 is 1.86. The third-order valence-electron chi connectivity index (χ3n) is 5.88. The van der Waals surface area contributed by atoms with Crippen LogP contribution in [0.3, 0.4) is 0 Å². The first kappa shape index (κ1) is 29.8. The maximum atomic E-state index is 12.0. The molecule has 36 heavy (non-hydrogen) atoms. The number of nitrogens with two attached hydrogens (primary N) is 1. The molecule has 0 aliphatic carbocycles. The number of carbonyl (C=O) groups is 5.